The lowest BCUT2D eigenvalue weighted by atomic mass is 10.3. The Morgan fingerprint density at radius 2 is 1.74 bits per heavy atom. The summed E-state index contributed by atoms with van der Waals surface area (Å²) < 4.78 is 42.1. The van der Waals surface area contributed by atoms with Crippen molar-refractivity contribution in [3.05, 3.63) is 58.3 Å². The minimum absolute atomic E-state index is 0.0549. The zero-order valence-corrected chi connectivity index (χ0v) is 11.6. The molecule has 0 aromatic heterocycles. The second-order valence-corrected chi connectivity index (χ2v) is 5.90. The maximum Gasteiger partial charge on any atom is 0.340 e. The van der Waals surface area contributed by atoms with Gasteiger partial charge in [-0.15, -0.1) is 0 Å². The highest BCUT2D eigenvalue weighted by Crippen LogP contribution is 2.28. The van der Waals surface area contributed by atoms with Gasteiger partial charge in [-0.2, -0.15) is 8.42 Å². The number of para-hydroxylation sites is 1. The van der Waals surface area contributed by atoms with E-state index in [-0.39, 0.29) is 14.9 Å². The van der Waals surface area contributed by atoms with Crippen molar-refractivity contribution >= 4 is 33.3 Å². The SMILES string of the molecule is O=S(=O)(Oc1ccccc1F)c1cc(Cl)ccc1Cl. The van der Waals surface area contributed by atoms with Gasteiger partial charge in [0, 0.05) is 5.02 Å². The number of hydrogen-bond donors (Lipinski definition) is 0. The van der Waals surface area contributed by atoms with Crippen molar-refractivity contribution in [1.82, 2.24) is 0 Å². The molecular weight excluding hydrogens is 314 g/mol. The summed E-state index contributed by atoms with van der Waals surface area (Å²) in [4.78, 5) is -0.315. The van der Waals surface area contributed by atoms with Crippen LogP contribution >= 0.6 is 23.2 Å². The molecule has 7 heteroatoms. The molecule has 3 nitrogen and oxygen atoms in total. The summed E-state index contributed by atoms with van der Waals surface area (Å²) in [6.07, 6.45) is 0. The van der Waals surface area contributed by atoms with Crippen molar-refractivity contribution in [1.29, 1.82) is 0 Å². The highest BCUT2D eigenvalue weighted by Gasteiger charge is 2.22. The second kappa shape index (κ2) is 5.36. The van der Waals surface area contributed by atoms with Gasteiger partial charge in [0.25, 0.3) is 0 Å². The van der Waals surface area contributed by atoms with Crippen molar-refractivity contribution in [2.75, 3.05) is 0 Å². The third-order valence-corrected chi connectivity index (χ3v) is 4.15. The van der Waals surface area contributed by atoms with Gasteiger partial charge in [0.1, 0.15) is 4.90 Å². The van der Waals surface area contributed by atoms with E-state index in [1.165, 1.54) is 30.3 Å². The number of halogens is 3. The number of rotatable bonds is 3. The highest BCUT2D eigenvalue weighted by molar-refractivity contribution is 7.87. The summed E-state index contributed by atoms with van der Waals surface area (Å²) in [5, 5.41) is 0.126. The minimum atomic E-state index is -4.25. The first kappa shape index (κ1) is 14.1. The third-order valence-electron chi connectivity index (χ3n) is 2.20. The van der Waals surface area contributed by atoms with E-state index in [0.29, 0.717) is 0 Å². The predicted molar refractivity (Wildman–Crippen MR) is 70.7 cm³/mol. The van der Waals surface area contributed by atoms with Crippen molar-refractivity contribution in [3.8, 4) is 5.75 Å². The maximum absolute atomic E-state index is 13.4. The van der Waals surface area contributed by atoms with Gasteiger partial charge < -0.3 is 4.18 Å². The molecule has 0 N–H and O–H groups in total. The first-order valence-corrected chi connectivity index (χ1v) is 7.20. The summed E-state index contributed by atoms with van der Waals surface area (Å²) in [5.74, 6) is -1.19. The third kappa shape index (κ3) is 3.18. The lowest BCUT2D eigenvalue weighted by Gasteiger charge is -2.09. The van der Waals surface area contributed by atoms with E-state index in [2.05, 4.69) is 0 Å². The first-order valence-electron chi connectivity index (χ1n) is 5.04. The molecule has 0 aliphatic carbocycles. The van der Waals surface area contributed by atoms with E-state index in [0.717, 1.165) is 12.1 Å². The molecule has 0 unspecified atom stereocenters. The standard InChI is InChI=1S/C12H7Cl2FO3S/c13-8-5-6-9(14)12(7-8)19(16,17)18-11-4-2-1-3-10(11)15/h1-7H. The van der Waals surface area contributed by atoms with E-state index >= 15 is 0 Å². The molecule has 100 valence electrons. The molecule has 0 saturated carbocycles. The van der Waals surface area contributed by atoms with Crippen LogP contribution in [0.5, 0.6) is 5.75 Å². The van der Waals surface area contributed by atoms with E-state index in [9.17, 15) is 12.8 Å². The van der Waals surface area contributed by atoms with Gasteiger partial charge in [0.05, 0.1) is 5.02 Å². The van der Waals surface area contributed by atoms with Crippen LogP contribution < -0.4 is 4.18 Å². The van der Waals surface area contributed by atoms with Crippen molar-refractivity contribution < 1.29 is 17.0 Å². The minimum Gasteiger partial charge on any atom is -0.376 e. The molecule has 19 heavy (non-hydrogen) atoms. The topological polar surface area (TPSA) is 43.4 Å². The van der Waals surface area contributed by atoms with Gasteiger partial charge in [-0.3, -0.25) is 0 Å². The summed E-state index contributed by atoms with van der Waals surface area (Å²) >= 11 is 11.5. The van der Waals surface area contributed by atoms with Crippen molar-refractivity contribution in [2.24, 2.45) is 0 Å². The van der Waals surface area contributed by atoms with E-state index in [4.69, 9.17) is 27.4 Å². The Hall–Kier alpha value is -1.30. The lowest BCUT2D eigenvalue weighted by molar-refractivity contribution is 0.461. The molecule has 0 bridgehead atoms. The first-order chi connectivity index (χ1) is 8.90. The van der Waals surface area contributed by atoms with E-state index < -0.39 is 21.7 Å². The van der Waals surface area contributed by atoms with Crippen LogP contribution in [-0.4, -0.2) is 8.42 Å². The molecule has 0 spiro atoms. The van der Waals surface area contributed by atoms with Gasteiger partial charge >= 0.3 is 10.1 Å². The zero-order chi connectivity index (χ0) is 14.0. The molecular formula is C12H7Cl2FO3S. The Morgan fingerprint density at radius 1 is 1.05 bits per heavy atom. The largest absolute Gasteiger partial charge is 0.376 e. The molecule has 0 radical (unpaired) electrons. The smallest absolute Gasteiger partial charge is 0.340 e. The van der Waals surface area contributed by atoms with Crippen LogP contribution in [0.3, 0.4) is 0 Å². The zero-order valence-electron chi connectivity index (χ0n) is 9.31. The molecule has 2 aromatic carbocycles. The normalized spacial score (nSPS) is 11.3. The molecule has 2 rings (SSSR count). The van der Waals surface area contributed by atoms with Crippen LogP contribution in [0.1, 0.15) is 0 Å². The maximum atomic E-state index is 13.4. The second-order valence-electron chi connectivity index (χ2n) is 3.54. The summed E-state index contributed by atoms with van der Waals surface area (Å²) in [5.41, 5.74) is 0. The van der Waals surface area contributed by atoms with Crippen molar-refractivity contribution in [3.63, 3.8) is 0 Å². The van der Waals surface area contributed by atoms with Gasteiger partial charge in [-0.1, -0.05) is 35.3 Å². The number of hydrogen-bond acceptors (Lipinski definition) is 3. The van der Waals surface area contributed by atoms with Crippen LogP contribution in [0.2, 0.25) is 10.0 Å². The van der Waals surface area contributed by atoms with Crippen LogP contribution in [-0.2, 0) is 10.1 Å². The van der Waals surface area contributed by atoms with Crippen LogP contribution in [0.15, 0.2) is 47.4 Å². The van der Waals surface area contributed by atoms with Gasteiger partial charge in [0.15, 0.2) is 11.6 Å². The fourth-order valence-electron chi connectivity index (χ4n) is 1.34. The number of benzene rings is 2. The van der Waals surface area contributed by atoms with Crippen LogP contribution in [0, 0.1) is 5.82 Å². The van der Waals surface area contributed by atoms with E-state index in [1.54, 1.807) is 0 Å². The Morgan fingerprint density at radius 3 is 2.42 bits per heavy atom. The van der Waals surface area contributed by atoms with Crippen LogP contribution in [0.4, 0.5) is 4.39 Å². The van der Waals surface area contributed by atoms with Crippen LogP contribution in [0.25, 0.3) is 0 Å². The quantitative estimate of drug-likeness (QED) is 0.805. The molecule has 0 aliphatic rings. The Labute approximate surface area is 119 Å². The lowest BCUT2D eigenvalue weighted by Crippen LogP contribution is -2.11. The van der Waals surface area contributed by atoms with Gasteiger partial charge in [0.2, 0.25) is 0 Å². The van der Waals surface area contributed by atoms with E-state index in [1.807, 2.05) is 0 Å². The average molecular weight is 321 g/mol. The Balaban J connectivity index is 2.44. The Bertz CT molecular complexity index is 717. The molecule has 0 aliphatic heterocycles. The molecule has 0 fully saturated rings. The molecule has 0 amide bonds. The molecule has 0 atom stereocenters. The van der Waals surface area contributed by atoms with Crippen molar-refractivity contribution in [2.45, 2.75) is 4.90 Å². The summed E-state index contributed by atoms with van der Waals surface area (Å²) in [7, 11) is -4.25. The van der Waals surface area contributed by atoms with Gasteiger partial charge in [-0.05, 0) is 30.3 Å². The summed E-state index contributed by atoms with van der Waals surface area (Å²) in [6.45, 7) is 0. The van der Waals surface area contributed by atoms with Gasteiger partial charge in [-0.25, -0.2) is 4.39 Å². The Kier molecular flexibility index (Phi) is 3.99. The molecule has 0 saturated heterocycles. The molecule has 2 aromatic rings. The average Bonchev–Trinajstić information content (AvgIpc) is 2.35. The molecule has 0 heterocycles. The predicted octanol–water partition coefficient (Wildman–Crippen LogP) is 3.90. The monoisotopic (exact) mass is 320 g/mol. The fourth-order valence-corrected chi connectivity index (χ4v) is 3.02. The highest BCUT2D eigenvalue weighted by atomic mass is 35.5. The fraction of sp³-hybridized carbons (Fsp3) is 0. The summed E-state index contributed by atoms with van der Waals surface area (Å²) in [6, 6.07) is 9.05.